The molecule has 0 aromatic heterocycles. The minimum Gasteiger partial charge on any atom is -0.469 e. The molecule has 0 amide bonds. The van der Waals surface area contributed by atoms with E-state index in [0.717, 1.165) is 11.1 Å². The van der Waals surface area contributed by atoms with Crippen LogP contribution >= 0.6 is 0 Å². The SMILES string of the molecule is COC(=O)[C@@H](C)CC(=O)OCc1ccc(CO)cc1. The highest BCUT2D eigenvalue weighted by atomic mass is 16.5. The van der Waals surface area contributed by atoms with Gasteiger partial charge in [-0.2, -0.15) is 0 Å². The van der Waals surface area contributed by atoms with E-state index in [1.165, 1.54) is 7.11 Å². The van der Waals surface area contributed by atoms with Crippen molar-refractivity contribution < 1.29 is 24.2 Å². The van der Waals surface area contributed by atoms with Gasteiger partial charge in [0.05, 0.1) is 26.1 Å². The van der Waals surface area contributed by atoms with Crippen LogP contribution in [0.5, 0.6) is 0 Å². The Bertz CT molecular complexity index is 424. The summed E-state index contributed by atoms with van der Waals surface area (Å²) in [5, 5.41) is 8.89. The van der Waals surface area contributed by atoms with E-state index in [4.69, 9.17) is 9.84 Å². The number of carbonyl (C=O) groups excluding carboxylic acids is 2. The molecule has 0 aliphatic rings. The predicted molar refractivity (Wildman–Crippen MR) is 68.0 cm³/mol. The average Bonchev–Trinajstić information content (AvgIpc) is 2.44. The molecule has 104 valence electrons. The molecular formula is C14H18O5. The van der Waals surface area contributed by atoms with Crippen LogP contribution in [0.15, 0.2) is 24.3 Å². The topological polar surface area (TPSA) is 72.8 Å². The van der Waals surface area contributed by atoms with Crippen molar-refractivity contribution in [3.05, 3.63) is 35.4 Å². The number of ether oxygens (including phenoxy) is 2. The van der Waals surface area contributed by atoms with Gasteiger partial charge < -0.3 is 14.6 Å². The van der Waals surface area contributed by atoms with E-state index in [9.17, 15) is 9.59 Å². The highest BCUT2D eigenvalue weighted by Gasteiger charge is 2.18. The third-order valence-corrected chi connectivity index (χ3v) is 2.68. The van der Waals surface area contributed by atoms with Gasteiger partial charge in [0.2, 0.25) is 0 Å². The summed E-state index contributed by atoms with van der Waals surface area (Å²) in [7, 11) is 1.28. The summed E-state index contributed by atoms with van der Waals surface area (Å²) >= 11 is 0. The molecule has 0 fully saturated rings. The second-order valence-electron chi connectivity index (χ2n) is 4.26. The Labute approximate surface area is 112 Å². The van der Waals surface area contributed by atoms with Crippen LogP contribution in [-0.2, 0) is 32.3 Å². The highest BCUT2D eigenvalue weighted by Crippen LogP contribution is 2.09. The maximum atomic E-state index is 11.5. The van der Waals surface area contributed by atoms with Crippen molar-refractivity contribution in [1.82, 2.24) is 0 Å². The summed E-state index contributed by atoms with van der Waals surface area (Å²) in [5.41, 5.74) is 1.63. The number of methoxy groups -OCH3 is 1. The molecule has 1 aromatic carbocycles. The van der Waals surface area contributed by atoms with E-state index in [-0.39, 0.29) is 19.6 Å². The van der Waals surface area contributed by atoms with Crippen LogP contribution in [0.4, 0.5) is 0 Å². The number of aliphatic hydroxyl groups is 1. The second-order valence-corrected chi connectivity index (χ2v) is 4.26. The molecule has 0 saturated carbocycles. The molecule has 1 atom stereocenters. The minimum absolute atomic E-state index is 0.00139. The van der Waals surface area contributed by atoms with Gasteiger partial charge >= 0.3 is 11.9 Å². The molecule has 0 unspecified atom stereocenters. The first-order valence-electron chi connectivity index (χ1n) is 5.99. The van der Waals surface area contributed by atoms with Gasteiger partial charge in [-0.3, -0.25) is 9.59 Å². The van der Waals surface area contributed by atoms with Crippen LogP contribution in [-0.4, -0.2) is 24.2 Å². The van der Waals surface area contributed by atoms with Crippen LogP contribution in [0.3, 0.4) is 0 Å². The molecule has 1 N–H and O–H groups in total. The summed E-state index contributed by atoms with van der Waals surface area (Å²) in [6.07, 6.45) is 0.00139. The van der Waals surface area contributed by atoms with Crippen LogP contribution in [0, 0.1) is 5.92 Å². The molecular weight excluding hydrogens is 248 g/mol. The van der Waals surface area contributed by atoms with E-state index in [0.29, 0.717) is 0 Å². The maximum absolute atomic E-state index is 11.5. The summed E-state index contributed by atoms with van der Waals surface area (Å²) in [4.78, 5) is 22.6. The van der Waals surface area contributed by atoms with Gasteiger partial charge in [-0.1, -0.05) is 31.2 Å². The molecule has 19 heavy (non-hydrogen) atoms. The number of hydrogen-bond donors (Lipinski definition) is 1. The Morgan fingerprint density at radius 3 is 2.32 bits per heavy atom. The van der Waals surface area contributed by atoms with Crippen molar-refractivity contribution in [3.8, 4) is 0 Å². The number of benzene rings is 1. The largest absolute Gasteiger partial charge is 0.469 e. The van der Waals surface area contributed by atoms with E-state index >= 15 is 0 Å². The molecule has 0 radical (unpaired) electrons. The molecule has 5 nitrogen and oxygen atoms in total. The van der Waals surface area contributed by atoms with Crippen molar-refractivity contribution in [2.75, 3.05) is 7.11 Å². The molecule has 1 aromatic rings. The second kappa shape index (κ2) is 7.53. The Kier molecular flexibility index (Phi) is 6.02. The van der Waals surface area contributed by atoms with Gasteiger partial charge in [0.25, 0.3) is 0 Å². The first-order valence-corrected chi connectivity index (χ1v) is 5.99. The van der Waals surface area contributed by atoms with Gasteiger partial charge in [0, 0.05) is 0 Å². The summed E-state index contributed by atoms with van der Waals surface area (Å²) in [5.74, 6) is -1.37. The normalized spacial score (nSPS) is 11.7. The number of esters is 2. The smallest absolute Gasteiger partial charge is 0.308 e. The number of rotatable bonds is 6. The lowest BCUT2D eigenvalue weighted by Gasteiger charge is -2.09. The van der Waals surface area contributed by atoms with Crippen LogP contribution in [0.25, 0.3) is 0 Å². The van der Waals surface area contributed by atoms with E-state index in [2.05, 4.69) is 4.74 Å². The number of carbonyl (C=O) groups is 2. The third-order valence-electron chi connectivity index (χ3n) is 2.68. The Balaban J connectivity index is 2.39. The van der Waals surface area contributed by atoms with E-state index in [1.54, 1.807) is 31.2 Å². The van der Waals surface area contributed by atoms with Crippen LogP contribution in [0.1, 0.15) is 24.5 Å². The van der Waals surface area contributed by atoms with Crippen molar-refractivity contribution in [2.24, 2.45) is 5.92 Å². The van der Waals surface area contributed by atoms with E-state index < -0.39 is 17.9 Å². The van der Waals surface area contributed by atoms with Gasteiger partial charge in [-0.05, 0) is 11.1 Å². The average molecular weight is 266 g/mol. The van der Waals surface area contributed by atoms with Gasteiger partial charge in [0.1, 0.15) is 6.61 Å². The molecule has 0 saturated heterocycles. The fourth-order valence-corrected chi connectivity index (χ4v) is 1.50. The zero-order valence-corrected chi connectivity index (χ0v) is 11.1. The van der Waals surface area contributed by atoms with Crippen molar-refractivity contribution in [2.45, 2.75) is 26.6 Å². The van der Waals surface area contributed by atoms with Crippen molar-refractivity contribution >= 4 is 11.9 Å². The number of aliphatic hydroxyl groups excluding tert-OH is 1. The van der Waals surface area contributed by atoms with Crippen LogP contribution in [0.2, 0.25) is 0 Å². The quantitative estimate of drug-likeness (QED) is 0.788. The summed E-state index contributed by atoms with van der Waals surface area (Å²) < 4.78 is 9.59. The zero-order chi connectivity index (χ0) is 14.3. The zero-order valence-electron chi connectivity index (χ0n) is 11.1. The van der Waals surface area contributed by atoms with Crippen molar-refractivity contribution in [1.29, 1.82) is 0 Å². The fourth-order valence-electron chi connectivity index (χ4n) is 1.50. The predicted octanol–water partition coefficient (Wildman–Crippen LogP) is 1.42. The summed E-state index contributed by atoms with van der Waals surface area (Å²) in [6, 6.07) is 7.09. The first-order chi connectivity index (χ1) is 9.06. The third kappa shape index (κ3) is 5.09. The lowest BCUT2D eigenvalue weighted by Crippen LogP contribution is -2.18. The fraction of sp³-hybridized carbons (Fsp3) is 0.429. The lowest BCUT2D eigenvalue weighted by atomic mass is 10.1. The first kappa shape index (κ1) is 15.2. The highest BCUT2D eigenvalue weighted by molar-refractivity contribution is 5.79. The van der Waals surface area contributed by atoms with E-state index in [1.807, 2.05) is 0 Å². The van der Waals surface area contributed by atoms with Crippen molar-refractivity contribution in [3.63, 3.8) is 0 Å². The molecule has 0 aliphatic carbocycles. The maximum Gasteiger partial charge on any atom is 0.308 e. The molecule has 5 heteroatoms. The van der Waals surface area contributed by atoms with Gasteiger partial charge in [0.15, 0.2) is 0 Å². The summed E-state index contributed by atoms with van der Waals surface area (Å²) in [6.45, 7) is 1.75. The molecule has 0 spiro atoms. The molecule has 1 rings (SSSR count). The lowest BCUT2D eigenvalue weighted by molar-refractivity contribution is -0.153. The minimum atomic E-state index is -0.505. The van der Waals surface area contributed by atoms with Crippen LogP contribution < -0.4 is 0 Å². The number of hydrogen-bond acceptors (Lipinski definition) is 5. The molecule has 0 bridgehead atoms. The Hall–Kier alpha value is -1.88. The van der Waals surface area contributed by atoms with Gasteiger partial charge in [-0.15, -0.1) is 0 Å². The molecule has 0 aliphatic heterocycles. The monoisotopic (exact) mass is 266 g/mol. The Morgan fingerprint density at radius 2 is 1.79 bits per heavy atom. The molecule has 0 heterocycles. The standard InChI is InChI=1S/C14H18O5/c1-10(14(17)18-2)7-13(16)19-9-12-5-3-11(8-15)4-6-12/h3-6,10,15H,7-9H2,1-2H3/t10-/m0/s1. The van der Waals surface area contributed by atoms with Gasteiger partial charge in [-0.25, -0.2) is 0 Å². The Morgan fingerprint density at radius 1 is 1.21 bits per heavy atom.